The molecule has 20 heteroatoms. The number of hydrogen-bond acceptors (Lipinski definition) is 12. The van der Waals surface area contributed by atoms with Gasteiger partial charge in [-0.1, -0.05) is 5.16 Å². The van der Waals surface area contributed by atoms with Gasteiger partial charge < -0.3 is 14.9 Å². The van der Waals surface area contributed by atoms with E-state index in [-0.39, 0.29) is 35.3 Å². The van der Waals surface area contributed by atoms with E-state index in [4.69, 9.17) is 16.3 Å². The number of nitrogens with zero attached hydrogens (tertiary/aromatic N) is 4. The second-order valence-corrected chi connectivity index (χ2v) is 10.8. The number of fused-ring (bicyclic) bond motifs is 1. The number of rotatable bonds is 10. The number of esters is 1. The van der Waals surface area contributed by atoms with Crippen LogP contribution in [0.15, 0.2) is 46.1 Å². The number of β-lactam (4-membered cyclic amide) rings is 1. The number of amides is 3. The monoisotopic (exact) mass is 662 g/mol. The highest BCUT2D eigenvalue weighted by Crippen LogP contribution is 2.41. The molecule has 0 radical (unpaired) electrons. The van der Waals surface area contributed by atoms with Crippen LogP contribution in [0.1, 0.15) is 11.3 Å². The number of ether oxygens (including phenoxy) is 1. The number of halogens is 4. The van der Waals surface area contributed by atoms with E-state index in [1.165, 1.54) is 36.0 Å². The SMILES string of the molecule is CO/N=C(/C(=O)NC1C(=O)N2C(C(=O)OCc3ccc([N+](=O)[O-])cc3)=C(CCl)CS[C@H]12)c1csc(NC(=O)C(F)(F)F)n1. The zero-order valence-corrected chi connectivity index (χ0v) is 23.9. The highest BCUT2D eigenvalue weighted by molar-refractivity contribution is 8.00. The Bertz CT molecular complexity index is 1530. The molecule has 3 heterocycles. The van der Waals surface area contributed by atoms with Crippen molar-refractivity contribution < 1.29 is 46.8 Å². The maximum Gasteiger partial charge on any atom is 0.471 e. The Hall–Kier alpha value is -4.23. The number of aromatic nitrogens is 1. The number of nitro groups is 1. The predicted molar refractivity (Wildman–Crippen MR) is 146 cm³/mol. The second-order valence-electron chi connectivity index (χ2n) is 8.56. The third kappa shape index (κ3) is 6.89. The van der Waals surface area contributed by atoms with Crippen LogP contribution in [0.4, 0.5) is 24.0 Å². The first kappa shape index (κ1) is 31.7. The van der Waals surface area contributed by atoms with E-state index in [0.717, 1.165) is 17.4 Å². The predicted octanol–water partition coefficient (Wildman–Crippen LogP) is 2.54. The van der Waals surface area contributed by atoms with Gasteiger partial charge in [0, 0.05) is 29.1 Å². The fraction of sp³-hybridized carbons (Fsp3) is 0.304. The van der Waals surface area contributed by atoms with Gasteiger partial charge in [0.15, 0.2) is 10.8 Å². The average molecular weight is 663 g/mol. The molecular weight excluding hydrogens is 645 g/mol. The van der Waals surface area contributed by atoms with Crippen molar-refractivity contribution in [2.24, 2.45) is 5.16 Å². The van der Waals surface area contributed by atoms with Crippen molar-refractivity contribution >= 4 is 74.9 Å². The zero-order chi connectivity index (χ0) is 31.5. The molecule has 228 valence electrons. The number of alkyl halides is 4. The third-order valence-electron chi connectivity index (χ3n) is 5.83. The van der Waals surface area contributed by atoms with Crippen LogP contribution in [-0.2, 0) is 35.4 Å². The first-order valence-electron chi connectivity index (χ1n) is 11.7. The number of anilines is 1. The molecule has 0 bridgehead atoms. The zero-order valence-electron chi connectivity index (χ0n) is 21.5. The lowest BCUT2D eigenvalue weighted by atomic mass is 10.0. The van der Waals surface area contributed by atoms with Gasteiger partial charge in [-0.05, 0) is 23.3 Å². The van der Waals surface area contributed by atoms with Crippen LogP contribution in [0.2, 0.25) is 0 Å². The molecule has 4 rings (SSSR count). The van der Waals surface area contributed by atoms with Crippen LogP contribution in [0.3, 0.4) is 0 Å². The molecule has 0 saturated carbocycles. The Kier molecular flexibility index (Phi) is 9.55. The number of carbonyl (C=O) groups excluding carboxylic acids is 4. The van der Waals surface area contributed by atoms with Crippen LogP contribution in [0.25, 0.3) is 0 Å². The molecule has 2 aromatic rings. The topological polar surface area (TPSA) is 182 Å². The molecule has 43 heavy (non-hydrogen) atoms. The summed E-state index contributed by atoms with van der Waals surface area (Å²) in [5, 5.41) is 18.4. The molecule has 2 aliphatic heterocycles. The minimum Gasteiger partial charge on any atom is -0.456 e. The molecule has 3 amide bonds. The standard InChI is InChI=1S/C23H18ClF3N6O8S2/c1-40-31-14(13-9-43-22(28-13)30-21(37)23(25,26)27)17(34)29-15-18(35)32-16(11(6-24)8-42-19(15)32)20(36)41-7-10-2-4-12(5-3-10)33(38)39/h2-5,9,15,19H,6-8H2,1H3,(H,29,34)(H,28,30,37)/b31-14+/t15?,19-/m1/s1. The smallest absolute Gasteiger partial charge is 0.456 e. The number of non-ortho nitro benzene ring substituents is 1. The Morgan fingerprint density at radius 1 is 1.28 bits per heavy atom. The molecule has 1 fully saturated rings. The lowest BCUT2D eigenvalue weighted by molar-refractivity contribution is -0.384. The number of hydrogen-bond donors (Lipinski definition) is 2. The summed E-state index contributed by atoms with van der Waals surface area (Å²) in [7, 11) is 1.10. The summed E-state index contributed by atoms with van der Waals surface area (Å²) in [5.74, 6) is -4.64. The van der Waals surface area contributed by atoms with E-state index in [1.807, 2.05) is 0 Å². The fourth-order valence-corrected chi connectivity index (χ4v) is 6.19. The van der Waals surface area contributed by atoms with E-state index in [1.54, 1.807) is 5.32 Å². The fourth-order valence-electron chi connectivity index (χ4n) is 3.82. The van der Waals surface area contributed by atoms with Crippen molar-refractivity contribution in [1.29, 1.82) is 0 Å². The lowest BCUT2D eigenvalue weighted by Gasteiger charge is -2.49. The van der Waals surface area contributed by atoms with Gasteiger partial charge in [-0.25, -0.2) is 9.78 Å². The Morgan fingerprint density at radius 3 is 2.58 bits per heavy atom. The van der Waals surface area contributed by atoms with Crippen molar-refractivity contribution in [2.75, 3.05) is 24.1 Å². The number of oxime groups is 1. The first-order chi connectivity index (χ1) is 20.3. The minimum absolute atomic E-state index is 0.0912. The van der Waals surface area contributed by atoms with Crippen molar-refractivity contribution in [3.63, 3.8) is 0 Å². The molecule has 1 saturated heterocycles. The molecule has 1 aromatic carbocycles. The quantitative estimate of drug-likeness (QED) is 0.0958. The van der Waals surface area contributed by atoms with Crippen molar-refractivity contribution in [3.05, 3.63) is 62.3 Å². The third-order valence-corrected chi connectivity index (χ3v) is 8.25. The van der Waals surface area contributed by atoms with Crippen molar-refractivity contribution in [3.8, 4) is 0 Å². The number of nitrogens with one attached hydrogen (secondary N) is 2. The van der Waals surface area contributed by atoms with Gasteiger partial charge in [0.25, 0.3) is 17.5 Å². The van der Waals surface area contributed by atoms with E-state index in [9.17, 15) is 42.5 Å². The lowest BCUT2D eigenvalue weighted by Crippen LogP contribution is -2.71. The van der Waals surface area contributed by atoms with Gasteiger partial charge in [-0.2, -0.15) is 13.2 Å². The summed E-state index contributed by atoms with van der Waals surface area (Å²) in [6.45, 7) is -0.244. The Balaban J connectivity index is 1.44. The maximum absolute atomic E-state index is 13.1. The number of thiazole rings is 1. The van der Waals surface area contributed by atoms with Gasteiger partial charge in [0.05, 0.1) is 4.92 Å². The van der Waals surface area contributed by atoms with Crippen LogP contribution in [-0.4, -0.2) is 80.5 Å². The number of nitro benzene ring substituents is 1. The van der Waals surface area contributed by atoms with Gasteiger partial charge in [-0.15, -0.1) is 34.7 Å². The van der Waals surface area contributed by atoms with E-state index >= 15 is 0 Å². The molecule has 0 spiro atoms. The largest absolute Gasteiger partial charge is 0.471 e. The van der Waals surface area contributed by atoms with Gasteiger partial charge >= 0.3 is 18.1 Å². The Morgan fingerprint density at radius 2 is 1.98 bits per heavy atom. The highest BCUT2D eigenvalue weighted by Gasteiger charge is 2.54. The van der Waals surface area contributed by atoms with Crippen LogP contribution >= 0.6 is 34.7 Å². The van der Waals surface area contributed by atoms with Crippen molar-refractivity contribution in [2.45, 2.75) is 24.2 Å². The van der Waals surface area contributed by atoms with Gasteiger partial charge in [0.1, 0.15) is 36.5 Å². The number of carbonyl (C=O) groups is 4. The number of benzene rings is 1. The summed E-state index contributed by atoms with van der Waals surface area (Å²) in [6, 6.07) is 4.18. The summed E-state index contributed by atoms with van der Waals surface area (Å²) >= 11 is 7.82. The molecule has 1 aromatic heterocycles. The first-order valence-corrected chi connectivity index (χ1v) is 14.2. The summed E-state index contributed by atoms with van der Waals surface area (Å²) in [6.07, 6.45) is -5.16. The highest BCUT2D eigenvalue weighted by atomic mass is 35.5. The molecular formula is C23H18ClF3N6O8S2. The second kappa shape index (κ2) is 13.0. The molecule has 1 unspecified atom stereocenters. The van der Waals surface area contributed by atoms with E-state index in [2.05, 4.69) is 20.3 Å². The van der Waals surface area contributed by atoms with Gasteiger partial charge in [-0.3, -0.25) is 34.7 Å². The van der Waals surface area contributed by atoms with Crippen LogP contribution < -0.4 is 10.6 Å². The average Bonchev–Trinajstić information content (AvgIpc) is 3.43. The summed E-state index contributed by atoms with van der Waals surface area (Å²) in [5.41, 5.74) is -0.0870. The van der Waals surface area contributed by atoms with Gasteiger partial charge in [0.2, 0.25) is 0 Å². The molecule has 0 aliphatic carbocycles. The van der Waals surface area contributed by atoms with Crippen LogP contribution in [0, 0.1) is 10.1 Å². The molecule has 14 nitrogen and oxygen atoms in total. The van der Waals surface area contributed by atoms with E-state index in [0.29, 0.717) is 22.5 Å². The molecule has 2 aliphatic rings. The molecule has 2 N–H and O–H groups in total. The number of thioether (sulfide) groups is 1. The van der Waals surface area contributed by atoms with Crippen LogP contribution in [0.5, 0.6) is 0 Å². The minimum atomic E-state index is -5.16. The summed E-state index contributed by atoms with van der Waals surface area (Å²) < 4.78 is 43.0. The maximum atomic E-state index is 13.1. The normalized spacial score (nSPS) is 18.4. The molecule has 2 atom stereocenters. The van der Waals surface area contributed by atoms with E-state index < -0.39 is 57.0 Å². The Labute approximate surface area is 252 Å². The summed E-state index contributed by atoms with van der Waals surface area (Å²) in [4.78, 5) is 70.2. The van der Waals surface area contributed by atoms with Crippen molar-refractivity contribution in [1.82, 2.24) is 15.2 Å².